The first-order valence-electron chi connectivity index (χ1n) is 11.4. The summed E-state index contributed by atoms with van der Waals surface area (Å²) < 4.78 is 0. The molecule has 1 fully saturated rings. The Morgan fingerprint density at radius 2 is 1.55 bits per heavy atom. The van der Waals surface area contributed by atoms with Gasteiger partial charge in [-0.15, -0.1) is 0 Å². The van der Waals surface area contributed by atoms with Crippen molar-refractivity contribution in [2.75, 3.05) is 45.8 Å². The van der Waals surface area contributed by atoms with E-state index < -0.39 is 0 Å². The van der Waals surface area contributed by atoms with Gasteiger partial charge in [-0.05, 0) is 48.4 Å². The molecule has 1 aliphatic heterocycles. The zero-order chi connectivity index (χ0) is 23.8. The molecule has 2 aromatic rings. The minimum atomic E-state index is -0.331. The van der Waals surface area contributed by atoms with E-state index in [1.54, 1.807) is 0 Å². The molecule has 33 heavy (non-hydrogen) atoms. The van der Waals surface area contributed by atoms with Gasteiger partial charge >= 0.3 is 0 Å². The number of carbonyl (C=O) groups excluding carboxylic acids is 2. The summed E-state index contributed by atoms with van der Waals surface area (Å²) in [5, 5.41) is 1.40. The van der Waals surface area contributed by atoms with Crippen LogP contribution in [0.1, 0.15) is 30.5 Å². The van der Waals surface area contributed by atoms with Gasteiger partial charge in [0.25, 0.3) is 0 Å². The van der Waals surface area contributed by atoms with Crippen LogP contribution in [0.15, 0.2) is 48.5 Å². The molecule has 0 aliphatic carbocycles. The molecule has 3 rings (SSSR count). The van der Waals surface area contributed by atoms with E-state index in [0.717, 1.165) is 30.8 Å². The van der Waals surface area contributed by atoms with E-state index in [-0.39, 0.29) is 24.4 Å². The van der Waals surface area contributed by atoms with Crippen LogP contribution in [0.25, 0.3) is 0 Å². The van der Waals surface area contributed by atoms with Gasteiger partial charge in [0, 0.05) is 55.2 Å². The quantitative estimate of drug-likeness (QED) is 0.551. The summed E-state index contributed by atoms with van der Waals surface area (Å²) in [5.41, 5.74) is 7.71. The van der Waals surface area contributed by atoms with Gasteiger partial charge in [-0.2, -0.15) is 0 Å². The largest absolute Gasteiger partial charge is 0.369 e. The normalized spacial score (nSPS) is 15.6. The number of hydrogen-bond donors (Lipinski definition) is 1. The fraction of sp³-hybridized carbons (Fsp3) is 0.440. The van der Waals surface area contributed by atoms with Crippen LogP contribution in [-0.4, -0.2) is 72.3 Å². The molecular weight excluding hydrogens is 459 g/mol. The number of nitrogens with two attached hydrogens (primary N) is 1. The van der Waals surface area contributed by atoms with Gasteiger partial charge < -0.3 is 10.6 Å². The Morgan fingerprint density at radius 3 is 2.09 bits per heavy atom. The van der Waals surface area contributed by atoms with Crippen LogP contribution in [0.5, 0.6) is 0 Å². The molecule has 2 aromatic carbocycles. The van der Waals surface area contributed by atoms with Gasteiger partial charge in [0.1, 0.15) is 0 Å². The van der Waals surface area contributed by atoms with Crippen LogP contribution >= 0.6 is 23.2 Å². The van der Waals surface area contributed by atoms with Gasteiger partial charge in [-0.25, -0.2) is 0 Å². The van der Waals surface area contributed by atoms with Crippen LogP contribution in [0.3, 0.4) is 0 Å². The Morgan fingerprint density at radius 1 is 0.970 bits per heavy atom. The zero-order valence-corrected chi connectivity index (χ0v) is 20.6. The highest BCUT2D eigenvalue weighted by atomic mass is 35.5. The number of hydrogen-bond acceptors (Lipinski definition) is 4. The summed E-state index contributed by atoms with van der Waals surface area (Å²) in [6.07, 6.45) is 1.20. The summed E-state index contributed by atoms with van der Waals surface area (Å²) in [7, 11) is 0. The molecule has 2 N–H and O–H groups in total. The second-order valence-corrected chi connectivity index (χ2v) is 9.28. The Hall–Kier alpha value is -2.12. The molecule has 0 saturated carbocycles. The lowest BCUT2D eigenvalue weighted by atomic mass is 10.0. The Kier molecular flexibility index (Phi) is 9.56. The molecular formula is C25H32Cl2N4O2. The van der Waals surface area contributed by atoms with Crippen LogP contribution in [0, 0.1) is 0 Å². The number of piperazine rings is 1. The van der Waals surface area contributed by atoms with Crippen molar-refractivity contribution in [3.05, 3.63) is 69.7 Å². The van der Waals surface area contributed by atoms with Gasteiger partial charge in [0.2, 0.25) is 11.8 Å². The molecule has 0 radical (unpaired) electrons. The SMILES string of the molecule is CCN(CC(N)=O)CC(c1ccc(Cl)cc1)N1CCN(C(=O)CCc2ccc(Cl)cc2)CC1. The van der Waals surface area contributed by atoms with Gasteiger partial charge in [-0.3, -0.25) is 19.4 Å². The van der Waals surface area contributed by atoms with Crippen molar-refractivity contribution in [1.82, 2.24) is 14.7 Å². The lowest BCUT2D eigenvalue weighted by molar-refractivity contribution is -0.133. The summed E-state index contributed by atoms with van der Waals surface area (Å²) in [5.74, 6) is -0.153. The average molecular weight is 491 g/mol. The Bertz CT molecular complexity index is 913. The highest BCUT2D eigenvalue weighted by Crippen LogP contribution is 2.25. The predicted molar refractivity (Wildman–Crippen MR) is 133 cm³/mol. The van der Waals surface area contributed by atoms with Crippen molar-refractivity contribution in [1.29, 1.82) is 0 Å². The molecule has 0 aromatic heterocycles. The minimum absolute atomic E-state index is 0.0906. The predicted octanol–water partition coefficient (Wildman–Crippen LogP) is 3.62. The van der Waals surface area contributed by atoms with Gasteiger partial charge in [0.15, 0.2) is 0 Å². The first-order chi connectivity index (χ1) is 15.9. The number of primary amides is 1. The first kappa shape index (κ1) is 25.5. The van der Waals surface area contributed by atoms with Crippen molar-refractivity contribution in [3.63, 3.8) is 0 Å². The lowest BCUT2D eigenvalue weighted by Crippen LogP contribution is -2.51. The third-order valence-corrected chi connectivity index (χ3v) is 6.67. The molecule has 1 saturated heterocycles. The standard InChI is InChI=1S/C25H32Cl2N4O2/c1-2-29(18-24(28)32)17-23(20-6-10-22(27)11-7-20)30-13-15-31(16-14-30)25(33)12-5-19-3-8-21(26)9-4-19/h3-4,6-11,23H,2,5,12-18H2,1H3,(H2,28,32). The molecule has 1 aliphatic rings. The van der Waals surface area contributed by atoms with Crippen LogP contribution in [-0.2, 0) is 16.0 Å². The third-order valence-electron chi connectivity index (χ3n) is 6.16. The summed E-state index contributed by atoms with van der Waals surface area (Å²) in [6, 6.07) is 15.6. The lowest BCUT2D eigenvalue weighted by Gasteiger charge is -2.41. The minimum Gasteiger partial charge on any atom is -0.369 e. The molecule has 0 bridgehead atoms. The van der Waals surface area contributed by atoms with Crippen LogP contribution < -0.4 is 5.73 Å². The van der Waals surface area contributed by atoms with E-state index >= 15 is 0 Å². The molecule has 0 spiro atoms. The smallest absolute Gasteiger partial charge is 0.231 e. The van der Waals surface area contributed by atoms with E-state index in [1.165, 1.54) is 0 Å². The maximum absolute atomic E-state index is 12.8. The fourth-order valence-electron chi connectivity index (χ4n) is 4.23. The second-order valence-electron chi connectivity index (χ2n) is 8.40. The van der Waals surface area contributed by atoms with E-state index in [4.69, 9.17) is 28.9 Å². The summed E-state index contributed by atoms with van der Waals surface area (Å²) in [6.45, 7) is 6.59. The number of amides is 2. The Labute approximate surface area is 206 Å². The number of carbonyl (C=O) groups is 2. The van der Waals surface area contributed by atoms with E-state index in [2.05, 4.69) is 9.80 Å². The molecule has 1 unspecified atom stereocenters. The average Bonchev–Trinajstić information content (AvgIpc) is 2.82. The summed E-state index contributed by atoms with van der Waals surface area (Å²) >= 11 is 12.0. The number of nitrogens with zero attached hydrogens (tertiary/aromatic N) is 3. The molecule has 1 atom stereocenters. The van der Waals surface area contributed by atoms with Crippen molar-refractivity contribution in [3.8, 4) is 0 Å². The van der Waals surface area contributed by atoms with E-state index in [9.17, 15) is 9.59 Å². The number of likely N-dealkylation sites (N-methyl/N-ethyl adjacent to an activating group) is 1. The third kappa shape index (κ3) is 7.71. The van der Waals surface area contributed by atoms with E-state index in [1.807, 2.05) is 60.4 Å². The van der Waals surface area contributed by atoms with E-state index in [0.29, 0.717) is 42.5 Å². The fourth-order valence-corrected chi connectivity index (χ4v) is 4.48. The van der Waals surface area contributed by atoms with Crippen LogP contribution in [0.2, 0.25) is 10.0 Å². The first-order valence-corrected chi connectivity index (χ1v) is 12.1. The highest BCUT2D eigenvalue weighted by Gasteiger charge is 2.28. The van der Waals surface area contributed by atoms with Gasteiger partial charge in [0.05, 0.1) is 6.54 Å². The Balaban J connectivity index is 1.61. The molecule has 6 nitrogen and oxygen atoms in total. The highest BCUT2D eigenvalue weighted by molar-refractivity contribution is 6.30. The number of aryl methyl sites for hydroxylation is 1. The van der Waals surface area contributed by atoms with Crippen molar-refractivity contribution in [2.24, 2.45) is 5.73 Å². The van der Waals surface area contributed by atoms with Crippen molar-refractivity contribution >= 4 is 35.0 Å². The molecule has 178 valence electrons. The number of benzene rings is 2. The number of halogens is 2. The maximum atomic E-state index is 12.8. The van der Waals surface area contributed by atoms with Crippen molar-refractivity contribution < 1.29 is 9.59 Å². The molecule has 2 amide bonds. The van der Waals surface area contributed by atoms with Crippen molar-refractivity contribution in [2.45, 2.75) is 25.8 Å². The number of rotatable bonds is 10. The topological polar surface area (TPSA) is 69.9 Å². The zero-order valence-electron chi connectivity index (χ0n) is 19.1. The maximum Gasteiger partial charge on any atom is 0.231 e. The van der Waals surface area contributed by atoms with Gasteiger partial charge in [-0.1, -0.05) is 54.4 Å². The van der Waals surface area contributed by atoms with Crippen LogP contribution in [0.4, 0.5) is 0 Å². The molecule has 1 heterocycles. The summed E-state index contributed by atoms with van der Waals surface area (Å²) in [4.78, 5) is 30.7. The monoisotopic (exact) mass is 490 g/mol. The second kappa shape index (κ2) is 12.4. The molecule has 8 heteroatoms.